The van der Waals surface area contributed by atoms with Crippen LogP contribution >= 0.6 is 11.8 Å². The van der Waals surface area contributed by atoms with E-state index in [0.717, 1.165) is 22.6 Å². The first-order valence-corrected chi connectivity index (χ1v) is 8.10. The van der Waals surface area contributed by atoms with Gasteiger partial charge in [-0.3, -0.25) is 0 Å². The number of nitrogens with zero attached hydrogens (tertiary/aromatic N) is 2. The molecule has 1 N–H and O–H groups in total. The van der Waals surface area contributed by atoms with Gasteiger partial charge in [-0.15, -0.1) is 0 Å². The van der Waals surface area contributed by atoms with Crippen LogP contribution in [0.15, 0.2) is 47.6 Å². The first kappa shape index (κ1) is 14.7. The summed E-state index contributed by atoms with van der Waals surface area (Å²) in [7, 11) is 0. The zero-order valence-electron chi connectivity index (χ0n) is 12.6. The van der Waals surface area contributed by atoms with E-state index in [-0.39, 0.29) is 5.25 Å². The van der Waals surface area contributed by atoms with E-state index < -0.39 is 0 Å². The van der Waals surface area contributed by atoms with E-state index in [9.17, 15) is 5.26 Å². The van der Waals surface area contributed by atoms with Gasteiger partial charge in [-0.2, -0.15) is 5.26 Å². The lowest BCUT2D eigenvalue weighted by Crippen LogP contribution is -2.04. The van der Waals surface area contributed by atoms with Gasteiger partial charge in [0.25, 0.3) is 0 Å². The smallest absolute Gasteiger partial charge is 0.167 e. The number of fused-ring (bicyclic) bond motifs is 1. The van der Waals surface area contributed by atoms with Crippen molar-refractivity contribution in [1.29, 1.82) is 5.26 Å². The first-order valence-electron chi connectivity index (χ1n) is 7.22. The molecule has 22 heavy (non-hydrogen) atoms. The fourth-order valence-electron chi connectivity index (χ4n) is 2.34. The van der Waals surface area contributed by atoms with Crippen LogP contribution < -0.4 is 0 Å². The lowest BCUT2D eigenvalue weighted by Gasteiger charge is -2.07. The molecule has 0 amide bonds. The maximum atomic E-state index is 9.41. The second-order valence-corrected chi connectivity index (χ2v) is 6.68. The molecule has 110 valence electrons. The summed E-state index contributed by atoms with van der Waals surface area (Å²) in [6.45, 7) is 4.12. The molecule has 4 heteroatoms. The molecule has 3 nitrogen and oxygen atoms in total. The average molecular weight is 307 g/mol. The van der Waals surface area contributed by atoms with Crippen molar-refractivity contribution in [2.45, 2.75) is 30.7 Å². The van der Waals surface area contributed by atoms with E-state index in [4.69, 9.17) is 0 Å². The molecule has 3 aromatic rings. The van der Waals surface area contributed by atoms with Gasteiger partial charge < -0.3 is 4.98 Å². The van der Waals surface area contributed by atoms with Gasteiger partial charge in [0.05, 0.1) is 17.1 Å². The zero-order chi connectivity index (χ0) is 15.5. The average Bonchev–Trinajstić information content (AvgIpc) is 2.90. The number of rotatable bonds is 4. The van der Waals surface area contributed by atoms with Gasteiger partial charge in [0, 0.05) is 0 Å². The molecule has 1 unspecified atom stereocenters. The molecule has 2 aromatic carbocycles. The van der Waals surface area contributed by atoms with E-state index in [1.807, 2.05) is 12.1 Å². The van der Waals surface area contributed by atoms with E-state index in [2.05, 4.69) is 60.2 Å². The first-order chi connectivity index (χ1) is 10.6. The molecule has 1 aromatic heterocycles. The van der Waals surface area contributed by atoms with Gasteiger partial charge in [-0.1, -0.05) is 47.7 Å². The Balaban J connectivity index is 1.76. The molecule has 0 saturated carbocycles. The van der Waals surface area contributed by atoms with Crippen LogP contribution in [0.5, 0.6) is 0 Å². The molecule has 3 rings (SSSR count). The summed E-state index contributed by atoms with van der Waals surface area (Å²) in [5.41, 5.74) is 5.58. The third kappa shape index (κ3) is 3.32. The molecule has 0 aliphatic rings. The number of aromatic amines is 1. The van der Waals surface area contributed by atoms with Crippen LogP contribution in [0.3, 0.4) is 0 Å². The number of H-pyrrole nitrogens is 1. The van der Waals surface area contributed by atoms with E-state index >= 15 is 0 Å². The number of aryl methyl sites for hydroxylation is 2. The number of hydrogen-bond acceptors (Lipinski definition) is 3. The van der Waals surface area contributed by atoms with Crippen molar-refractivity contribution in [3.8, 4) is 6.07 Å². The van der Waals surface area contributed by atoms with Crippen LogP contribution in [-0.4, -0.2) is 15.2 Å². The summed E-state index contributed by atoms with van der Waals surface area (Å²) in [5, 5.41) is 10.1. The highest BCUT2D eigenvalue weighted by Crippen LogP contribution is 2.26. The molecular weight excluding hydrogens is 290 g/mol. The maximum Gasteiger partial charge on any atom is 0.167 e. The van der Waals surface area contributed by atoms with Crippen molar-refractivity contribution in [3.05, 3.63) is 59.2 Å². The fraction of sp³-hybridized carbons (Fsp3) is 0.222. The molecular formula is C18H17N3S. The Morgan fingerprint density at radius 2 is 1.86 bits per heavy atom. The third-order valence-electron chi connectivity index (χ3n) is 3.56. The van der Waals surface area contributed by atoms with Crippen LogP contribution in [0.2, 0.25) is 0 Å². The second kappa shape index (κ2) is 6.25. The van der Waals surface area contributed by atoms with Crippen LogP contribution in [0.25, 0.3) is 11.0 Å². The number of hydrogen-bond donors (Lipinski definition) is 1. The number of aromatic nitrogens is 2. The summed E-state index contributed by atoms with van der Waals surface area (Å²) < 4.78 is 0. The van der Waals surface area contributed by atoms with Crippen molar-refractivity contribution < 1.29 is 0 Å². The van der Waals surface area contributed by atoms with Crippen molar-refractivity contribution >= 4 is 22.8 Å². The standard InChI is InChI=1S/C18H17N3S/c1-12-3-6-14(7-4-12)10-15(11-19)22-18-20-16-8-5-13(2)9-17(16)21-18/h3-9,15H,10H2,1-2H3,(H,20,21). The number of nitrogens with one attached hydrogen (secondary N) is 1. The summed E-state index contributed by atoms with van der Waals surface area (Å²) >= 11 is 1.49. The van der Waals surface area contributed by atoms with Crippen molar-refractivity contribution in [2.24, 2.45) is 0 Å². The topological polar surface area (TPSA) is 52.5 Å². The van der Waals surface area contributed by atoms with Crippen LogP contribution in [-0.2, 0) is 6.42 Å². The second-order valence-electron chi connectivity index (χ2n) is 5.49. The number of thioether (sulfide) groups is 1. The van der Waals surface area contributed by atoms with E-state index in [0.29, 0.717) is 0 Å². The van der Waals surface area contributed by atoms with Crippen LogP contribution in [0.1, 0.15) is 16.7 Å². The number of nitriles is 1. The Labute approximate surface area is 134 Å². The van der Waals surface area contributed by atoms with Crippen molar-refractivity contribution in [3.63, 3.8) is 0 Å². The van der Waals surface area contributed by atoms with Crippen LogP contribution in [0.4, 0.5) is 0 Å². The zero-order valence-corrected chi connectivity index (χ0v) is 13.4. The fourth-order valence-corrected chi connectivity index (χ4v) is 3.26. The van der Waals surface area contributed by atoms with Crippen molar-refractivity contribution in [2.75, 3.05) is 0 Å². The lowest BCUT2D eigenvalue weighted by atomic mass is 10.1. The quantitative estimate of drug-likeness (QED) is 0.726. The minimum Gasteiger partial charge on any atom is -0.333 e. The predicted octanol–water partition coefficient (Wildman–Crippen LogP) is 4.41. The third-order valence-corrected chi connectivity index (χ3v) is 4.53. The summed E-state index contributed by atoms with van der Waals surface area (Å²) in [4.78, 5) is 7.85. The predicted molar refractivity (Wildman–Crippen MR) is 91.0 cm³/mol. The molecule has 0 saturated heterocycles. The minimum absolute atomic E-state index is 0.149. The van der Waals surface area contributed by atoms with Gasteiger partial charge in [0.15, 0.2) is 5.16 Å². The molecule has 0 aliphatic carbocycles. The molecule has 1 atom stereocenters. The maximum absolute atomic E-state index is 9.41. The molecule has 0 spiro atoms. The van der Waals surface area contributed by atoms with Gasteiger partial charge in [-0.25, -0.2) is 4.98 Å². The van der Waals surface area contributed by atoms with Gasteiger partial charge >= 0.3 is 0 Å². The Morgan fingerprint density at radius 3 is 2.59 bits per heavy atom. The number of benzene rings is 2. The SMILES string of the molecule is Cc1ccc(CC(C#N)Sc2nc3ccc(C)cc3[nH]2)cc1. The Kier molecular flexibility index (Phi) is 4.17. The summed E-state index contributed by atoms with van der Waals surface area (Å²) in [6, 6.07) is 16.8. The van der Waals surface area contributed by atoms with Gasteiger partial charge in [0.2, 0.25) is 0 Å². The lowest BCUT2D eigenvalue weighted by molar-refractivity contribution is 1.00. The van der Waals surface area contributed by atoms with E-state index in [1.165, 1.54) is 28.5 Å². The monoisotopic (exact) mass is 307 g/mol. The van der Waals surface area contributed by atoms with Crippen LogP contribution in [0, 0.1) is 25.2 Å². The largest absolute Gasteiger partial charge is 0.333 e. The Bertz CT molecular complexity index is 828. The summed E-state index contributed by atoms with van der Waals surface area (Å²) in [5.74, 6) is 0. The Morgan fingerprint density at radius 1 is 1.14 bits per heavy atom. The molecule has 0 radical (unpaired) electrons. The minimum atomic E-state index is -0.149. The highest BCUT2D eigenvalue weighted by atomic mass is 32.2. The summed E-state index contributed by atoms with van der Waals surface area (Å²) in [6.07, 6.45) is 0.720. The van der Waals surface area contributed by atoms with E-state index in [1.54, 1.807) is 0 Å². The van der Waals surface area contributed by atoms with Gasteiger partial charge in [0.1, 0.15) is 5.25 Å². The van der Waals surface area contributed by atoms with Gasteiger partial charge in [-0.05, 0) is 43.5 Å². The highest BCUT2D eigenvalue weighted by molar-refractivity contribution is 8.00. The molecule has 1 heterocycles. The Hall–Kier alpha value is -2.25. The van der Waals surface area contributed by atoms with Crippen molar-refractivity contribution in [1.82, 2.24) is 9.97 Å². The molecule has 0 fully saturated rings. The molecule has 0 bridgehead atoms. The highest BCUT2D eigenvalue weighted by Gasteiger charge is 2.13. The normalized spacial score (nSPS) is 12.2. The molecule has 0 aliphatic heterocycles. The number of imidazole rings is 1.